The number of aryl methyl sites for hydroxylation is 1. The fraction of sp³-hybridized carbons (Fsp3) is 0.118. The Morgan fingerprint density at radius 2 is 1.92 bits per heavy atom. The molecule has 0 aliphatic heterocycles. The van der Waals surface area contributed by atoms with Crippen LogP contribution in [0.1, 0.15) is 12.3 Å². The molecule has 1 amide bonds. The maximum atomic E-state index is 13.7. The number of nitrogens with one attached hydrogen (secondary N) is 1. The van der Waals surface area contributed by atoms with Gasteiger partial charge in [-0.2, -0.15) is 4.98 Å². The summed E-state index contributed by atoms with van der Waals surface area (Å²) in [7, 11) is 0. The van der Waals surface area contributed by atoms with Crippen molar-refractivity contribution >= 4 is 23.2 Å². The van der Waals surface area contributed by atoms with Crippen LogP contribution in [0, 0.1) is 11.6 Å². The summed E-state index contributed by atoms with van der Waals surface area (Å²) >= 11 is 5.66. The molecule has 0 spiro atoms. The van der Waals surface area contributed by atoms with Crippen LogP contribution in [-0.2, 0) is 11.2 Å². The number of benzene rings is 2. The topological polar surface area (TPSA) is 68.0 Å². The predicted molar refractivity (Wildman–Crippen MR) is 88.1 cm³/mol. The smallest absolute Gasteiger partial charge is 0.227 e. The fourth-order valence-corrected chi connectivity index (χ4v) is 2.28. The molecule has 0 aliphatic rings. The lowest BCUT2D eigenvalue weighted by Gasteiger charge is -2.06. The Morgan fingerprint density at radius 1 is 1.16 bits per heavy atom. The van der Waals surface area contributed by atoms with Crippen molar-refractivity contribution in [2.24, 2.45) is 0 Å². The molecule has 2 aromatic carbocycles. The van der Waals surface area contributed by atoms with Gasteiger partial charge in [0, 0.05) is 18.4 Å². The summed E-state index contributed by atoms with van der Waals surface area (Å²) < 4.78 is 31.7. The molecule has 0 radical (unpaired) electrons. The second kappa shape index (κ2) is 7.40. The van der Waals surface area contributed by atoms with E-state index in [9.17, 15) is 13.6 Å². The number of hydrogen-bond donors (Lipinski definition) is 1. The van der Waals surface area contributed by atoms with Crippen LogP contribution in [0.2, 0.25) is 5.02 Å². The largest absolute Gasteiger partial charge is 0.339 e. The summed E-state index contributed by atoms with van der Waals surface area (Å²) in [5, 5.41) is 6.15. The fourth-order valence-electron chi connectivity index (χ4n) is 2.11. The summed E-state index contributed by atoms with van der Waals surface area (Å²) in [6.45, 7) is 0. The zero-order chi connectivity index (χ0) is 17.8. The average molecular weight is 364 g/mol. The number of hydrogen-bond acceptors (Lipinski definition) is 4. The minimum atomic E-state index is -0.686. The summed E-state index contributed by atoms with van der Waals surface area (Å²) in [4.78, 5) is 16.1. The summed E-state index contributed by atoms with van der Waals surface area (Å²) in [6, 6.07) is 9.97. The third kappa shape index (κ3) is 4.19. The summed E-state index contributed by atoms with van der Waals surface area (Å²) in [6.07, 6.45) is 0.208. The van der Waals surface area contributed by atoms with Crippen molar-refractivity contribution in [2.45, 2.75) is 12.8 Å². The third-order valence-corrected chi connectivity index (χ3v) is 3.65. The Kier molecular flexibility index (Phi) is 5.04. The van der Waals surface area contributed by atoms with E-state index in [2.05, 4.69) is 15.5 Å². The first-order valence-electron chi connectivity index (χ1n) is 7.35. The molecule has 0 bridgehead atoms. The Morgan fingerprint density at radius 3 is 2.68 bits per heavy atom. The van der Waals surface area contributed by atoms with Gasteiger partial charge >= 0.3 is 0 Å². The van der Waals surface area contributed by atoms with Crippen LogP contribution < -0.4 is 5.32 Å². The predicted octanol–water partition coefficient (Wildman–Crippen LogP) is 4.24. The van der Waals surface area contributed by atoms with E-state index >= 15 is 0 Å². The highest BCUT2D eigenvalue weighted by molar-refractivity contribution is 6.31. The van der Waals surface area contributed by atoms with Gasteiger partial charge < -0.3 is 9.84 Å². The van der Waals surface area contributed by atoms with E-state index in [4.69, 9.17) is 16.1 Å². The van der Waals surface area contributed by atoms with Crippen molar-refractivity contribution in [3.05, 3.63) is 65.0 Å². The lowest BCUT2D eigenvalue weighted by molar-refractivity contribution is -0.116. The maximum Gasteiger partial charge on any atom is 0.227 e. The number of aromatic nitrogens is 2. The van der Waals surface area contributed by atoms with Gasteiger partial charge in [0.2, 0.25) is 17.6 Å². The zero-order valence-corrected chi connectivity index (χ0v) is 13.6. The van der Waals surface area contributed by atoms with Crippen LogP contribution in [0.3, 0.4) is 0 Å². The van der Waals surface area contributed by atoms with E-state index in [0.717, 1.165) is 0 Å². The molecule has 3 rings (SSSR count). The van der Waals surface area contributed by atoms with Crippen molar-refractivity contribution in [1.82, 2.24) is 10.1 Å². The maximum absolute atomic E-state index is 13.7. The van der Waals surface area contributed by atoms with Gasteiger partial charge in [0.25, 0.3) is 0 Å². The molecule has 1 heterocycles. The number of anilines is 1. The second-order valence-electron chi connectivity index (χ2n) is 5.17. The van der Waals surface area contributed by atoms with Gasteiger partial charge in [-0.15, -0.1) is 0 Å². The van der Waals surface area contributed by atoms with Crippen LogP contribution >= 0.6 is 11.6 Å². The number of nitrogens with zero attached hydrogens (tertiary/aromatic N) is 2. The van der Waals surface area contributed by atoms with Crippen LogP contribution in [0.5, 0.6) is 0 Å². The Balaban J connectivity index is 1.59. The van der Waals surface area contributed by atoms with Crippen LogP contribution in [0.15, 0.2) is 47.0 Å². The van der Waals surface area contributed by atoms with E-state index in [0.29, 0.717) is 11.4 Å². The van der Waals surface area contributed by atoms with E-state index < -0.39 is 11.7 Å². The monoisotopic (exact) mass is 363 g/mol. The van der Waals surface area contributed by atoms with Crippen LogP contribution in [0.25, 0.3) is 11.4 Å². The molecule has 8 heteroatoms. The normalized spacial score (nSPS) is 10.7. The first-order valence-corrected chi connectivity index (χ1v) is 7.73. The molecular formula is C17H12ClF2N3O2. The van der Waals surface area contributed by atoms with Crippen molar-refractivity contribution in [2.75, 3.05) is 5.32 Å². The SMILES string of the molecule is O=C(CCc1nc(-c2ccc(F)cc2)no1)Nc1cccc(Cl)c1F. The Labute approximate surface area is 146 Å². The first kappa shape index (κ1) is 17.0. The molecule has 128 valence electrons. The van der Waals surface area contributed by atoms with Gasteiger partial charge in [0.1, 0.15) is 5.82 Å². The van der Waals surface area contributed by atoms with E-state index in [1.54, 1.807) is 0 Å². The molecule has 25 heavy (non-hydrogen) atoms. The van der Waals surface area contributed by atoms with Gasteiger partial charge in [-0.25, -0.2) is 8.78 Å². The molecule has 0 fully saturated rings. The van der Waals surface area contributed by atoms with Gasteiger partial charge in [-0.1, -0.05) is 22.8 Å². The van der Waals surface area contributed by atoms with Gasteiger partial charge in [0.05, 0.1) is 10.7 Å². The molecule has 5 nitrogen and oxygen atoms in total. The van der Waals surface area contributed by atoms with Gasteiger partial charge in [-0.3, -0.25) is 4.79 Å². The minimum Gasteiger partial charge on any atom is -0.339 e. The molecule has 0 saturated heterocycles. The Bertz CT molecular complexity index is 897. The van der Waals surface area contributed by atoms with E-state index in [1.807, 2.05) is 0 Å². The highest BCUT2D eigenvalue weighted by Gasteiger charge is 2.13. The lowest BCUT2D eigenvalue weighted by atomic mass is 10.2. The summed E-state index contributed by atoms with van der Waals surface area (Å²) in [5.74, 6) is -0.911. The Hall–Kier alpha value is -2.80. The number of carbonyl (C=O) groups is 1. The molecule has 3 aromatic rings. The third-order valence-electron chi connectivity index (χ3n) is 3.36. The average Bonchev–Trinajstić information content (AvgIpc) is 3.07. The highest BCUT2D eigenvalue weighted by Crippen LogP contribution is 2.22. The number of amides is 1. The quantitative estimate of drug-likeness (QED) is 0.736. The first-order chi connectivity index (χ1) is 12.0. The molecule has 1 aromatic heterocycles. The van der Waals surface area contributed by atoms with Gasteiger partial charge in [0.15, 0.2) is 5.82 Å². The standard InChI is InChI=1S/C17H12ClF2N3O2/c18-12-2-1-3-13(16(12)20)21-14(24)8-9-15-22-17(23-25-15)10-4-6-11(19)7-5-10/h1-7H,8-9H2,(H,21,24). The van der Waals surface area contributed by atoms with Crippen LogP contribution in [-0.4, -0.2) is 16.0 Å². The van der Waals surface area contributed by atoms with Gasteiger partial charge in [-0.05, 0) is 36.4 Å². The number of carbonyl (C=O) groups excluding carboxylic acids is 1. The number of halogens is 3. The second-order valence-corrected chi connectivity index (χ2v) is 5.58. The highest BCUT2D eigenvalue weighted by atomic mass is 35.5. The van der Waals surface area contributed by atoms with Crippen molar-refractivity contribution in [3.63, 3.8) is 0 Å². The molecular weight excluding hydrogens is 352 g/mol. The van der Waals surface area contributed by atoms with Crippen LogP contribution in [0.4, 0.5) is 14.5 Å². The molecule has 0 saturated carbocycles. The minimum absolute atomic E-state index is 0.00929. The molecule has 0 unspecified atom stereocenters. The molecule has 0 aliphatic carbocycles. The van der Waals surface area contributed by atoms with E-state index in [-0.39, 0.29) is 35.3 Å². The van der Waals surface area contributed by atoms with Crippen molar-refractivity contribution in [3.8, 4) is 11.4 Å². The molecule has 0 atom stereocenters. The molecule has 1 N–H and O–H groups in total. The summed E-state index contributed by atoms with van der Waals surface area (Å²) in [5.41, 5.74) is 0.608. The van der Waals surface area contributed by atoms with E-state index in [1.165, 1.54) is 42.5 Å². The lowest BCUT2D eigenvalue weighted by Crippen LogP contribution is -2.13. The van der Waals surface area contributed by atoms with Crippen molar-refractivity contribution in [1.29, 1.82) is 0 Å². The van der Waals surface area contributed by atoms with Crippen molar-refractivity contribution < 1.29 is 18.1 Å². The number of rotatable bonds is 5. The zero-order valence-electron chi connectivity index (χ0n) is 12.8.